The Labute approximate surface area is 151 Å². The van der Waals surface area contributed by atoms with Gasteiger partial charge in [-0.2, -0.15) is 0 Å². The number of nitrogens with one attached hydrogen (secondary N) is 2. The molecule has 0 aliphatic carbocycles. The number of piperazine rings is 1. The molecule has 6 heteroatoms. The normalized spacial score (nSPS) is 14.8. The van der Waals surface area contributed by atoms with Crippen LogP contribution in [-0.2, 0) is 15.3 Å². The highest BCUT2D eigenvalue weighted by Crippen LogP contribution is 2.29. The molecule has 0 atom stereocenters. The number of hydrogen-bond acceptors (Lipinski definition) is 4. The zero-order valence-electron chi connectivity index (χ0n) is 13.9. The molecular weight excluding hydrogens is 334 g/mol. The number of benzene rings is 2. The van der Waals surface area contributed by atoms with Gasteiger partial charge in [0.15, 0.2) is 0 Å². The number of anilines is 1. The van der Waals surface area contributed by atoms with E-state index in [-0.39, 0.29) is 24.9 Å². The minimum Gasteiger partial charge on any atom is -0.354 e. The molecule has 3 rings (SSSR count). The van der Waals surface area contributed by atoms with E-state index in [9.17, 15) is 9.59 Å². The Morgan fingerprint density at radius 3 is 2.68 bits per heavy atom. The molecule has 0 aromatic heterocycles. The average Bonchev–Trinajstić information content (AvgIpc) is 2.62. The number of hydrogen-bond donors (Lipinski definition) is 2. The quantitative estimate of drug-likeness (QED) is 0.781. The van der Waals surface area contributed by atoms with Crippen molar-refractivity contribution in [1.82, 2.24) is 10.2 Å². The van der Waals surface area contributed by atoms with Gasteiger partial charge in [0.1, 0.15) is 0 Å². The molecule has 1 saturated heterocycles. The predicted molar refractivity (Wildman–Crippen MR) is 101 cm³/mol. The van der Waals surface area contributed by atoms with Crippen LogP contribution in [0.4, 0.5) is 5.69 Å². The summed E-state index contributed by atoms with van der Waals surface area (Å²) in [4.78, 5) is 26.6. The average molecular weight is 355 g/mol. The van der Waals surface area contributed by atoms with Crippen molar-refractivity contribution in [2.75, 3.05) is 31.5 Å². The van der Waals surface area contributed by atoms with E-state index in [1.54, 1.807) is 11.8 Å². The first kappa shape index (κ1) is 17.5. The Balaban J connectivity index is 1.58. The van der Waals surface area contributed by atoms with E-state index < -0.39 is 0 Å². The van der Waals surface area contributed by atoms with Crippen LogP contribution in [0.1, 0.15) is 5.56 Å². The molecule has 2 N–H and O–H groups in total. The number of carbonyl (C=O) groups excluding carboxylic acids is 2. The van der Waals surface area contributed by atoms with Crippen molar-refractivity contribution in [3.05, 3.63) is 60.2 Å². The highest BCUT2D eigenvalue weighted by Gasteiger charge is 2.19. The second-order valence-electron chi connectivity index (χ2n) is 5.88. The zero-order valence-corrected chi connectivity index (χ0v) is 14.7. The van der Waals surface area contributed by atoms with E-state index in [0.29, 0.717) is 13.1 Å². The third-order valence-electron chi connectivity index (χ3n) is 3.88. The van der Waals surface area contributed by atoms with Gasteiger partial charge in [-0.15, -0.1) is 11.8 Å². The number of para-hydroxylation sites is 1. The van der Waals surface area contributed by atoms with Gasteiger partial charge in [0.2, 0.25) is 11.8 Å². The summed E-state index contributed by atoms with van der Waals surface area (Å²) in [6.45, 7) is 1.79. The van der Waals surface area contributed by atoms with Gasteiger partial charge in [0.05, 0.1) is 18.8 Å². The largest absolute Gasteiger partial charge is 0.354 e. The third kappa shape index (κ3) is 5.34. The Bertz CT molecular complexity index is 736. The maximum absolute atomic E-state index is 12.3. The van der Waals surface area contributed by atoms with Gasteiger partial charge in [0, 0.05) is 23.7 Å². The highest BCUT2D eigenvalue weighted by molar-refractivity contribution is 7.98. The molecule has 0 spiro atoms. The highest BCUT2D eigenvalue weighted by atomic mass is 32.2. The van der Waals surface area contributed by atoms with E-state index in [1.165, 1.54) is 5.56 Å². The van der Waals surface area contributed by atoms with E-state index in [1.807, 2.05) is 47.4 Å². The molecule has 2 aromatic carbocycles. The molecule has 1 aliphatic rings. The molecule has 0 saturated carbocycles. The van der Waals surface area contributed by atoms with Gasteiger partial charge in [0.25, 0.3) is 0 Å². The molecule has 5 nitrogen and oxygen atoms in total. The predicted octanol–water partition coefficient (Wildman–Crippen LogP) is 2.35. The van der Waals surface area contributed by atoms with Crippen molar-refractivity contribution in [2.24, 2.45) is 0 Å². The van der Waals surface area contributed by atoms with Crippen molar-refractivity contribution < 1.29 is 9.59 Å². The molecule has 1 fully saturated rings. The Morgan fingerprint density at radius 1 is 1.12 bits per heavy atom. The Morgan fingerprint density at radius 2 is 1.88 bits per heavy atom. The standard InChI is InChI=1S/C19H21N3O2S/c23-18-12-22(11-10-20-18)13-19(24)21-16-8-4-5-9-17(16)25-14-15-6-2-1-3-7-15/h1-9H,10-14H2,(H,20,23)(H,21,24). The van der Waals surface area contributed by atoms with Crippen molar-refractivity contribution in [3.63, 3.8) is 0 Å². The summed E-state index contributed by atoms with van der Waals surface area (Å²) in [6.07, 6.45) is 0. The third-order valence-corrected chi connectivity index (χ3v) is 5.03. The lowest BCUT2D eigenvalue weighted by Crippen LogP contribution is -2.49. The van der Waals surface area contributed by atoms with E-state index in [2.05, 4.69) is 22.8 Å². The van der Waals surface area contributed by atoms with E-state index in [0.717, 1.165) is 16.3 Å². The maximum Gasteiger partial charge on any atom is 0.238 e. The maximum atomic E-state index is 12.3. The minimum absolute atomic E-state index is 0.0298. The fraction of sp³-hybridized carbons (Fsp3) is 0.263. The van der Waals surface area contributed by atoms with Crippen LogP contribution in [0.15, 0.2) is 59.5 Å². The molecule has 0 radical (unpaired) electrons. The van der Waals surface area contributed by atoms with Crippen LogP contribution >= 0.6 is 11.8 Å². The van der Waals surface area contributed by atoms with Crippen molar-refractivity contribution >= 4 is 29.3 Å². The monoisotopic (exact) mass is 355 g/mol. The van der Waals surface area contributed by atoms with Gasteiger partial charge < -0.3 is 10.6 Å². The summed E-state index contributed by atoms with van der Waals surface area (Å²) in [5, 5.41) is 5.74. The van der Waals surface area contributed by atoms with Gasteiger partial charge in [-0.05, 0) is 17.7 Å². The van der Waals surface area contributed by atoms with Crippen molar-refractivity contribution in [1.29, 1.82) is 0 Å². The summed E-state index contributed by atoms with van der Waals surface area (Å²) in [5.74, 6) is 0.723. The van der Waals surface area contributed by atoms with Crippen LogP contribution in [0.2, 0.25) is 0 Å². The van der Waals surface area contributed by atoms with Crippen molar-refractivity contribution in [2.45, 2.75) is 10.6 Å². The lowest BCUT2D eigenvalue weighted by molar-refractivity contribution is -0.125. The first-order chi connectivity index (χ1) is 12.2. The smallest absolute Gasteiger partial charge is 0.238 e. The molecular formula is C19H21N3O2S. The van der Waals surface area contributed by atoms with Crippen LogP contribution in [-0.4, -0.2) is 42.9 Å². The van der Waals surface area contributed by atoms with Crippen LogP contribution < -0.4 is 10.6 Å². The van der Waals surface area contributed by atoms with E-state index in [4.69, 9.17) is 0 Å². The molecule has 0 bridgehead atoms. The number of carbonyl (C=O) groups is 2. The molecule has 25 heavy (non-hydrogen) atoms. The first-order valence-corrected chi connectivity index (χ1v) is 9.24. The fourth-order valence-electron chi connectivity index (χ4n) is 2.65. The van der Waals surface area contributed by atoms with Crippen LogP contribution in [0.25, 0.3) is 0 Å². The summed E-state index contributed by atoms with van der Waals surface area (Å²) >= 11 is 1.70. The minimum atomic E-state index is -0.0949. The summed E-state index contributed by atoms with van der Waals surface area (Å²) < 4.78 is 0. The number of thioether (sulfide) groups is 1. The summed E-state index contributed by atoms with van der Waals surface area (Å²) in [6, 6.07) is 18.0. The van der Waals surface area contributed by atoms with E-state index >= 15 is 0 Å². The van der Waals surface area contributed by atoms with Gasteiger partial charge >= 0.3 is 0 Å². The molecule has 2 aromatic rings. The SMILES string of the molecule is O=C1CN(CC(=O)Nc2ccccc2SCc2ccccc2)CCN1. The molecule has 1 aliphatic heterocycles. The molecule has 1 heterocycles. The van der Waals surface area contributed by atoms with Gasteiger partial charge in [-0.3, -0.25) is 14.5 Å². The Kier molecular flexibility index (Phi) is 6.09. The number of amides is 2. The van der Waals surface area contributed by atoms with Crippen LogP contribution in [0.3, 0.4) is 0 Å². The van der Waals surface area contributed by atoms with Gasteiger partial charge in [-0.25, -0.2) is 0 Å². The lowest BCUT2D eigenvalue weighted by Gasteiger charge is -2.25. The number of rotatable bonds is 6. The van der Waals surface area contributed by atoms with Gasteiger partial charge in [-0.1, -0.05) is 42.5 Å². The second kappa shape index (κ2) is 8.69. The summed E-state index contributed by atoms with van der Waals surface area (Å²) in [7, 11) is 0. The summed E-state index contributed by atoms with van der Waals surface area (Å²) in [5.41, 5.74) is 2.06. The number of nitrogens with zero attached hydrogens (tertiary/aromatic N) is 1. The van der Waals surface area contributed by atoms with Crippen molar-refractivity contribution in [3.8, 4) is 0 Å². The molecule has 2 amide bonds. The molecule has 130 valence electrons. The van der Waals surface area contributed by atoms with Crippen LogP contribution in [0, 0.1) is 0 Å². The van der Waals surface area contributed by atoms with Crippen LogP contribution in [0.5, 0.6) is 0 Å². The zero-order chi connectivity index (χ0) is 17.5. The topological polar surface area (TPSA) is 61.4 Å². The second-order valence-corrected chi connectivity index (χ2v) is 6.90. The fourth-order valence-corrected chi connectivity index (χ4v) is 3.61. The molecule has 0 unspecified atom stereocenters. The first-order valence-electron chi connectivity index (χ1n) is 8.25. The lowest BCUT2D eigenvalue weighted by atomic mass is 10.2. The Hall–Kier alpha value is -2.31.